The maximum Gasteiger partial charge on any atom is 0.323 e. The van der Waals surface area contributed by atoms with Crippen LogP contribution in [0.2, 0.25) is 0 Å². The van der Waals surface area contributed by atoms with E-state index in [1.807, 2.05) is 20.8 Å². The van der Waals surface area contributed by atoms with Gasteiger partial charge in [-0.2, -0.15) is 0 Å². The number of carbonyl (C=O) groups is 2. The summed E-state index contributed by atoms with van der Waals surface area (Å²) in [5.41, 5.74) is 4.55. The van der Waals surface area contributed by atoms with Gasteiger partial charge < -0.3 is 15.8 Å². The summed E-state index contributed by atoms with van der Waals surface area (Å²) in [5, 5.41) is 2.96. The SMILES string of the molecule is CC(CC(N)=O)NC(C)C(=O)OC(C)(C)C. The Labute approximate surface area is 96.7 Å². The molecule has 0 spiro atoms. The summed E-state index contributed by atoms with van der Waals surface area (Å²) in [7, 11) is 0. The van der Waals surface area contributed by atoms with Gasteiger partial charge in [0.15, 0.2) is 0 Å². The molecule has 0 aliphatic heterocycles. The zero-order valence-electron chi connectivity index (χ0n) is 10.7. The van der Waals surface area contributed by atoms with E-state index in [0.717, 1.165) is 0 Å². The molecule has 0 fully saturated rings. The predicted octanol–water partition coefficient (Wildman–Crippen LogP) is 0.570. The summed E-state index contributed by atoms with van der Waals surface area (Å²) in [4.78, 5) is 22.2. The van der Waals surface area contributed by atoms with E-state index < -0.39 is 17.6 Å². The Bertz CT molecular complexity index is 258. The van der Waals surface area contributed by atoms with Crippen molar-refractivity contribution in [2.75, 3.05) is 0 Å². The molecule has 0 aliphatic rings. The lowest BCUT2D eigenvalue weighted by molar-refractivity contribution is -0.157. The highest BCUT2D eigenvalue weighted by Gasteiger charge is 2.22. The number of hydrogen-bond acceptors (Lipinski definition) is 4. The average molecular weight is 230 g/mol. The lowest BCUT2D eigenvalue weighted by atomic mass is 10.1. The van der Waals surface area contributed by atoms with Crippen LogP contribution in [-0.4, -0.2) is 29.6 Å². The van der Waals surface area contributed by atoms with Crippen molar-refractivity contribution in [3.8, 4) is 0 Å². The lowest BCUT2D eigenvalue weighted by Crippen LogP contribution is -2.44. The number of primary amides is 1. The molecular formula is C11H22N2O3. The second-order valence-electron chi connectivity index (χ2n) is 4.99. The van der Waals surface area contributed by atoms with Crippen LogP contribution in [0.3, 0.4) is 0 Å². The van der Waals surface area contributed by atoms with Gasteiger partial charge in [-0.25, -0.2) is 0 Å². The maximum absolute atomic E-state index is 11.6. The second-order valence-corrected chi connectivity index (χ2v) is 4.99. The molecule has 0 radical (unpaired) electrons. The zero-order valence-corrected chi connectivity index (χ0v) is 10.7. The van der Waals surface area contributed by atoms with Crippen LogP contribution in [0.25, 0.3) is 0 Å². The third-order valence-corrected chi connectivity index (χ3v) is 1.80. The van der Waals surface area contributed by atoms with Gasteiger partial charge in [-0.3, -0.25) is 9.59 Å². The monoisotopic (exact) mass is 230 g/mol. The van der Waals surface area contributed by atoms with Crippen LogP contribution in [-0.2, 0) is 14.3 Å². The fourth-order valence-corrected chi connectivity index (χ4v) is 1.25. The minimum atomic E-state index is -0.500. The third kappa shape index (κ3) is 7.23. The van der Waals surface area contributed by atoms with Gasteiger partial charge in [-0.1, -0.05) is 0 Å². The van der Waals surface area contributed by atoms with Gasteiger partial charge in [0.2, 0.25) is 5.91 Å². The Kier molecular flexibility index (Phi) is 5.44. The Balaban J connectivity index is 4.10. The fourth-order valence-electron chi connectivity index (χ4n) is 1.25. The van der Waals surface area contributed by atoms with Gasteiger partial charge >= 0.3 is 5.97 Å². The van der Waals surface area contributed by atoms with Crippen LogP contribution in [0.1, 0.15) is 41.0 Å². The Morgan fingerprint density at radius 2 is 1.81 bits per heavy atom. The number of rotatable bonds is 5. The molecule has 0 aromatic carbocycles. The summed E-state index contributed by atoms with van der Waals surface area (Å²) in [6.07, 6.45) is 0.202. The summed E-state index contributed by atoms with van der Waals surface area (Å²) in [6, 6.07) is -0.589. The minimum absolute atomic E-state index is 0.139. The number of carbonyl (C=O) groups excluding carboxylic acids is 2. The Hall–Kier alpha value is -1.10. The van der Waals surface area contributed by atoms with Crippen LogP contribution in [0.15, 0.2) is 0 Å². The summed E-state index contributed by atoms with van der Waals surface area (Å²) < 4.78 is 5.19. The van der Waals surface area contributed by atoms with Crippen LogP contribution < -0.4 is 11.1 Å². The molecule has 5 heteroatoms. The molecule has 3 N–H and O–H groups in total. The number of nitrogens with one attached hydrogen (secondary N) is 1. The van der Waals surface area contributed by atoms with Gasteiger partial charge in [0.1, 0.15) is 11.6 Å². The van der Waals surface area contributed by atoms with Gasteiger partial charge in [-0.15, -0.1) is 0 Å². The van der Waals surface area contributed by atoms with Crippen LogP contribution in [0.5, 0.6) is 0 Å². The first-order valence-electron chi connectivity index (χ1n) is 5.39. The van der Waals surface area contributed by atoms with E-state index in [-0.39, 0.29) is 18.4 Å². The molecule has 94 valence electrons. The van der Waals surface area contributed by atoms with E-state index in [1.165, 1.54) is 0 Å². The minimum Gasteiger partial charge on any atom is -0.459 e. The molecule has 2 atom stereocenters. The topological polar surface area (TPSA) is 81.4 Å². The van der Waals surface area contributed by atoms with Crippen molar-refractivity contribution >= 4 is 11.9 Å². The van der Waals surface area contributed by atoms with Crippen molar-refractivity contribution in [1.29, 1.82) is 0 Å². The van der Waals surface area contributed by atoms with E-state index in [9.17, 15) is 9.59 Å². The van der Waals surface area contributed by atoms with Crippen molar-refractivity contribution in [2.45, 2.75) is 58.7 Å². The van der Waals surface area contributed by atoms with Crippen molar-refractivity contribution in [1.82, 2.24) is 5.32 Å². The smallest absolute Gasteiger partial charge is 0.323 e. The predicted molar refractivity (Wildman–Crippen MR) is 61.7 cm³/mol. The zero-order chi connectivity index (χ0) is 12.9. The molecule has 0 saturated carbocycles. The summed E-state index contributed by atoms with van der Waals surface area (Å²) >= 11 is 0. The van der Waals surface area contributed by atoms with E-state index >= 15 is 0 Å². The third-order valence-electron chi connectivity index (χ3n) is 1.80. The average Bonchev–Trinajstić information content (AvgIpc) is 1.98. The molecule has 16 heavy (non-hydrogen) atoms. The quantitative estimate of drug-likeness (QED) is 0.676. The molecule has 0 saturated heterocycles. The molecule has 0 bridgehead atoms. The van der Waals surface area contributed by atoms with Gasteiger partial charge in [0.05, 0.1) is 0 Å². The number of amides is 1. The van der Waals surface area contributed by atoms with Gasteiger partial charge in [-0.05, 0) is 34.6 Å². The van der Waals surface area contributed by atoms with Crippen molar-refractivity contribution in [2.24, 2.45) is 5.73 Å². The van der Waals surface area contributed by atoms with Crippen LogP contribution in [0, 0.1) is 0 Å². The number of ether oxygens (including phenoxy) is 1. The molecule has 0 aromatic heterocycles. The highest BCUT2D eigenvalue weighted by molar-refractivity contribution is 5.76. The molecule has 0 heterocycles. The molecule has 0 aromatic rings. The number of nitrogens with two attached hydrogens (primary N) is 1. The Morgan fingerprint density at radius 1 is 1.31 bits per heavy atom. The normalized spacial score (nSPS) is 15.3. The Morgan fingerprint density at radius 3 is 2.19 bits per heavy atom. The fraction of sp³-hybridized carbons (Fsp3) is 0.818. The van der Waals surface area contributed by atoms with Crippen molar-refractivity contribution in [3.05, 3.63) is 0 Å². The first kappa shape index (κ1) is 14.9. The molecule has 5 nitrogen and oxygen atoms in total. The summed E-state index contributed by atoms with van der Waals surface area (Å²) in [5.74, 6) is -0.722. The van der Waals surface area contributed by atoms with E-state index in [2.05, 4.69) is 5.32 Å². The van der Waals surface area contributed by atoms with Crippen LogP contribution in [0.4, 0.5) is 0 Å². The van der Waals surface area contributed by atoms with Gasteiger partial charge in [0.25, 0.3) is 0 Å². The first-order valence-corrected chi connectivity index (χ1v) is 5.39. The van der Waals surface area contributed by atoms with E-state index in [0.29, 0.717) is 0 Å². The highest BCUT2D eigenvalue weighted by atomic mass is 16.6. The highest BCUT2D eigenvalue weighted by Crippen LogP contribution is 2.08. The second kappa shape index (κ2) is 5.84. The number of hydrogen-bond donors (Lipinski definition) is 2. The molecular weight excluding hydrogens is 208 g/mol. The summed E-state index contributed by atoms with van der Waals surface area (Å²) in [6.45, 7) is 8.93. The van der Waals surface area contributed by atoms with Crippen molar-refractivity contribution in [3.63, 3.8) is 0 Å². The molecule has 0 aliphatic carbocycles. The van der Waals surface area contributed by atoms with E-state index in [4.69, 9.17) is 10.5 Å². The lowest BCUT2D eigenvalue weighted by Gasteiger charge is -2.24. The van der Waals surface area contributed by atoms with Crippen molar-refractivity contribution < 1.29 is 14.3 Å². The van der Waals surface area contributed by atoms with Gasteiger partial charge in [0, 0.05) is 12.5 Å². The largest absolute Gasteiger partial charge is 0.459 e. The first-order chi connectivity index (χ1) is 7.11. The van der Waals surface area contributed by atoms with E-state index in [1.54, 1.807) is 13.8 Å². The molecule has 2 unspecified atom stereocenters. The molecule has 1 amide bonds. The molecule has 0 rings (SSSR count). The number of esters is 1. The standard InChI is InChI=1S/C11H22N2O3/c1-7(6-9(12)14)13-8(2)10(15)16-11(3,4)5/h7-8,13H,6H2,1-5H3,(H2,12,14). The maximum atomic E-state index is 11.6. The van der Waals surface area contributed by atoms with Crippen LogP contribution >= 0.6 is 0 Å².